The summed E-state index contributed by atoms with van der Waals surface area (Å²) in [5.74, 6) is 1.28. The summed E-state index contributed by atoms with van der Waals surface area (Å²) in [6, 6.07) is 0.125. The van der Waals surface area contributed by atoms with Crippen molar-refractivity contribution in [2.45, 2.75) is 50.7 Å². The molecule has 0 saturated heterocycles. The molecule has 1 heterocycles. The van der Waals surface area contributed by atoms with Crippen LogP contribution in [0.25, 0.3) is 0 Å². The summed E-state index contributed by atoms with van der Waals surface area (Å²) in [5, 5.41) is 17.6. The van der Waals surface area contributed by atoms with Crippen LogP contribution in [0.1, 0.15) is 49.4 Å². The normalized spacial score (nSPS) is 34.3. The van der Waals surface area contributed by atoms with Gasteiger partial charge in [-0.05, 0) is 50.9 Å². The van der Waals surface area contributed by atoms with Gasteiger partial charge in [0, 0.05) is 13.1 Å². The number of nitrogens with one attached hydrogen (secondary N) is 1. The van der Waals surface area contributed by atoms with Gasteiger partial charge in [0.25, 0.3) is 5.91 Å². The third kappa shape index (κ3) is 2.84. The van der Waals surface area contributed by atoms with Gasteiger partial charge in [0.05, 0.1) is 18.9 Å². The van der Waals surface area contributed by atoms with E-state index in [1.807, 2.05) is 6.92 Å². The Bertz CT molecular complexity index is 567. The molecule has 2 fully saturated rings. The van der Waals surface area contributed by atoms with Crippen LogP contribution in [0.4, 0.5) is 0 Å². The predicted molar refractivity (Wildman–Crippen MR) is 81.7 cm³/mol. The summed E-state index contributed by atoms with van der Waals surface area (Å²) < 4.78 is 6.79. The third-order valence-electron chi connectivity index (χ3n) is 5.16. The van der Waals surface area contributed by atoms with Crippen LogP contribution in [0.3, 0.4) is 0 Å². The van der Waals surface area contributed by atoms with Gasteiger partial charge < -0.3 is 15.2 Å². The van der Waals surface area contributed by atoms with E-state index in [2.05, 4.69) is 10.4 Å². The Morgan fingerprint density at radius 2 is 2.27 bits per heavy atom. The van der Waals surface area contributed by atoms with Gasteiger partial charge in [-0.25, -0.2) is 4.68 Å². The fourth-order valence-electron chi connectivity index (χ4n) is 4.30. The van der Waals surface area contributed by atoms with Crippen molar-refractivity contribution in [2.75, 3.05) is 7.11 Å². The van der Waals surface area contributed by atoms with Crippen molar-refractivity contribution >= 4 is 5.91 Å². The van der Waals surface area contributed by atoms with E-state index in [0.717, 1.165) is 32.1 Å². The molecule has 22 heavy (non-hydrogen) atoms. The molecule has 0 spiro atoms. The first-order chi connectivity index (χ1) is 10.4. The van der Waals surface area contributed by atoms with Crippen LogP contribution in [0.5, 0.6) is 5.88 Å². The van der Waals surface area contributed by atoms with E-state index in [-0.39, 0.29) is 11.9 Å². The molecule has 2 aliphatic carbocycles. The number of hydrogen-bond donors (Lipinski definition) is 2. The average Bonchev–Trinajstić information content (AvgIpc) is 2.81. The lowest BCUT2D eigenvalue weighted by atomic mass is 9.64. The number of methoxy groups -OCH3 is 1. The Kier molecular flexibility index (Phi) is 3.89. The zero-order valence-electron chi connectivity index (χ0n) is 13.5. The number of aromatic nitrogens is 2. The molecule has 1 aromatic heterocycles. The number of hydrogen-bond acceptors (Lipinski definition) is 4. The molecule has 6 heteroatoms. The fourth-order valence-corrected chi connectivity index (χ4v) is 4.30. The minimum Gasteiger partial charge on any atom is -0.481 e. The summed E-state index contributed by atoms with van der Waals surface area (Å²) in [5.41, 5.74) is -0.127. The van der Waals surface area contributed by atoms with Gasteiger partial charge in [0.1, 0.15) is 5.56 Å². The largest absolute Gasteiger partial charge is 0.481 e. The van der Waals surface area contributed by atoms with Crippen LogP contribution in [-0.2, 0) is 7.05 Å². The van der Waals surface area contributed by atoms with Crippen molar-refractivity contribution in [2.24, 2.45) is 18.9 Å². The zero-order chi connectivity index (χ0) is 15.9. The first-order valence-electron chi connectivity index (χ1n) is 7.99. The van der Waals surface area contributed by atoms with Crippen molar-refractivity contribution in [3.63, 3.8) is 0 Å². The number of aryl methyl sites for hydroxylation is 1. The van der Waals surface area contributed by atoms with Gasteiger partial charge in [-0.1, -0.05) is 0 Å². The van der Waals surface area contributed by atoms with Crippen molar-refractivity contribution < 1.29 is 14.6 Å². The lowest BCUT2D eigenvalue weighted by Crippen LogP contribution is -2.50. The highest BCUT2D eigenvalue weighted by Gasteiger charge is 2.42. The Morgan fingerprint density at radius 3 is 3.00 bits per heavy atom. The van der Waals surface area contributed by atoms with E-state index in [4.69, 9.17) is 4.74 Å². The Balaban J connectivity index is 1.71. The van der Waals surface area contributed by atoms with E-state index >= 15 is 0 Å². The smallest absolute Gasteiger partial charge is 0.258 e. The number of carbonyl (C=O) groups is 1. The predicted octanol–water partition coefficient (Wildman–Crippen LogP) is 1.49. The van der Waals surface area contributed by atoms with Gasteiger partial charge in [-0.2, -0.15) is 5.10 Å². The number of ether oxygens (including phenoxy) is 1. The molecule has 2 N–H and O–H groups in total. The van der Waals surface area contributed by atoms with Crippen molar-refractivity contribution in [3.8, 4) is 5.88 Å². The second kappa shape index (κ2) is 5.57. The summed E-state index contributed by atoms with van der Waals surface area (Å²) in [7, 11) is 3.29. The standard InChI is InChI=1S/C16H25N3O3/c1-16(21)7-10-4-5-13(11(6-10)8-16)18-14(20)12-9-17-19(2)15(12)22-3/h9-11,13,21H,4-8H2,1-3H3,(H,18,20)/t10?,11?,13-,16+/m1/s1. The Hall–Kier alpha value is -1.56. The van der Waals surface area contributed by atoms with E-state index in [1.54, 1.807) is 11.7 Å². The monoisotopic (exact) mass is 307 g/mol. The van der Waals surface area contributed by atoms with E-state index in [0.29, 0.717) is 23.3 Å². The van der Waals surface area contributed by atoms with Crippen molar-refractivity contribution in [3.05, 3.63) is 11.8 Å². The summed E-state index contributed by atoms with van der Waals surface area (Å²) in [4.78, 5) is 12.5. The molecule has 0 aromatic carbocycles. The molecule has 3 rings (SSSR count). The molecule has 2 aliphatic rings. The highest BCUT2D eigenvalue weighted by Crippen LogP contribution is 2.44. The van der Waals surface area contributed by atoms with Crippen molar-refractivity contribution in [1.82, 2.24) is 15.1 Å². The highest BCUT2D eigenvalue weighted by atomic mass is 16.5. The van der Waals surface area contributed by atoms with Crippen LogP contribution < -0.4 is 10.1 Å². The summed E-state index contributed by atoms with van der Waals surface area (Å²) >= 11 is 0. The van der Waals surface area contributed by atoms with E-state index in [1.165, 1.54) is 13.3 Å². The van der Waals surface area contributed by atoms with Gasteiger partial charge in [-0.15, -0.1) is 0 Å². The highest BCUT2D eigenvalue weighted by molar-refractivity contribution is 5.96. The summed E-state index contributed by atoms with van der Waals surface area (Å²) in [6.45, 7) is 1.92. The summed E-state index contributed by atoms with van der Waals surface area (Å²) in [6.07, 6.45) is 6.35. The second-order valence-electron chi connectivity index (χ2n) is 7.12. The lowest BCUT2D eigenvalue weighted by Gasteiger charge is -2.46. The van der Waals surface area contributed by atoms with Gasteiger partial charge in [-0.3, -0.25) is 4.79 Å². The molecule has 2 unspecified atom stereocenters. The maximum absolute atomic E-state index is 12.5. The fraction of sp³-hybridized carbons (Fsp3) is 0.750. The molecule has 4 atom stereocenters. The molecule has 2 bridgehead atoms. The SMILES string of the molecule is COc1c(C(=O)N[C@@H]2CCC3CC2C[C@@](C)(O)C3)cnn1C. The number of amides is 1. The number of nitrogens with zero attached hydrogens (tertiary/aromatic N) is 2. The lowest BCUT2D eigenvalue weighted by molar-refractivity contribution is -0.0456. The molecule has 2 saturated carbocycles. The number of fused-ring (bicyclic) bond motifs is 2. The molecule has 0 aliphatic heterocycles. The number of aliphatic hydroxyl groups is 1. The van der Waals surface area contributed by atoms with Crippen LogP contribution in [0.2, 0.25) is 0 Å². The third-order valence-corrected chi connectivity index (χ3v) is 5.16. The topological polar surface area (TPSA) is 76.4 Å². The zero-order valence-corrected chi connectivity index (χ0v) is 13.5. The van der Waals surface area contributed by atoms with Crippen LogP contribution in [0, 0.1) is 11.8 Å². The van der Waals surface area contributed by atoms with Gasteiger partial charge >= 0.3 is 0 Å². The maximum atomic E-state index is 12.5. The quantitative estimate of drug-likeness (QED) is 0.887. The van der Waals surface area contributed by atoms with Gasteiger partial charge in [0.2, 0.25) is 5.88 Å². The van der Waals surface area contributed by atoms with Crippen LogP contribution in [-0.4, -0.2) is 39.5 Å². The molecular formula is C16H25N3O3. The van der Waals surface area contributed by atoms with Crippen molar-refractivity contribution in [1.29, 1.82) is 0 Å². The molecule has 122 valence electrons. The minimum atomic E-state index is -0.594. The average molecular weight is 307 g/mol. The van der Waals surface area contributed by atoms with E-state index < -0.39 is 5.60 Å². The van der Waals surface area contributed by atoms with Gasteiger partial charge in [0.15, 0.2) is 0 Å². The second-order valence-corrected chi connectivity index (χ2v) is 7.12. The molecular weight excluding hydrogens is 282 g/mol. The Labute approximate surface area is 130 Å². The van der Waals surface area contributed by atoms with E-state index in [9.17, 15) is 9.90 Å². The number of carbonyl (C=O) groups excluding carboxylic acids is 1. The maximum Gasteiger partial charge on any atom is 0.258 e. The Morgan fingerprint density at radius 1 is 1.50 bits per heavy atom. The minimum absolute atomic E-state index is 0.125. The first kappa shape index (κ1) is 15.3. The molecule has 1 aromatic rings. The molecule has 1 amide bonds. The molecule has 0 radical (unpaired) electrons. The van der Waals surface area contributed by atoms with Crippen LogP contribution >= 0.6 is 0 Å². The van der Waals surface area contributed by atoms with Crippen LogP contribution in [0.15, 0.2) is 6.20 Å². The first-order valence-corrected chi connectivity index (χ1v) is 7.99. The molecule has 6 nitrogen and oxygen atoms in total. The number of rotatable bonds is 3.